The summed E-state index contributed by atoms with van der Waals surface area (Å²) in [5.41, 5.74) is 0.599. The van der Waals surface area contributed by atoms with E-state index in [-0.39, 0.29) is 21.2 Å². The van der Waals surface area contributed by atoms with Crippen LogP contribution in [0.4, 0.5) is 13.2 Å². The number of halogens is 5. The molecular formula is C18H14Cl2F3NO3. The van der Waals surface area contributed by atoms with Crippen LogP contribution in [0, 0.1) is 6.92 Å². The molecule has 1 heterocycles. The SMILES string of the molecule is Cc1cc(C2C[C@@](c3cc(Cl)cc(Cl)c3)(C(F)(F)F)ON2)ccc1C(=O)O. The van der Waals surface area contributed by atoms with E-state index in [4.69, 9.17) is 33.1 Å². The van der Waals surface area contributed by atoms with Crippen LogP contribution in [0.2, 0.25) is 10.0 Å². The molecule has 0 radical (unpaired) electrons. The highest BCUT2D eigenvalue weighted by Crippen LogP contribution is 2.51. The molecule has 27 heavy (non-hydrogen) atoms. The minimum Gasteiger partial charge on any atom is -0.478 e. The van der Waals surface area contributed by atoms with Crippen molar-refractivity contribution in [2.24, 2.45) is 0 Å². The van der Waals surface area contributed by atoms with Gasteiger partial charge in [0.2, 0.25) is 5.60 Å². The summed E-state index contributed by atoms with van der Waals surface area (Å²) in [4.78, 5) is 16.2. The number of hydroxylamine groups is 1. The van der Waals surface area contributed by atoms with Crippen LogP contribution >= 0.6 is 23.2 Å². The predicted molar refractivity (Wildman–Crippen MR) is 93.9 cm³/mol. The molecule has 2 atom stereocenters. The summed E-state index contributed by atoms with van der Waals surface area (Å²) in [6.07, 6.45) is -5.20. The van der Waals surface area contributed by atoms with Crippen LogP contribution in [0.3, 0.4) is 0 Å². The number of aryl methyl sites for hydroxylation is 1. The Morgan fingerprint density at radius 3 is 2.37 bits per heavy atom. The van der Waals surface area contributed by atoms with Crippen molar-refractivity contribution in [1.82, 2.24) is 5.48 Å². The van der Waals surface area contributed by atoms with Crippen molar-refractivity contribution in [2.45, 2.75) is 31.2 Å². The first kappa shape index (κ1) is 19.9. The summed E-state index contributed by atoms with van der Waals surface area (Å²) in [5, 5.41) is 9.23. The molecule has 1 aliphatic heterocycles. The Kier molecular flexibility index (Phi) is 5.16. The number of benzene rings is 2. The number of aromatic carboxylic acids is 1. The average molecular weight is 420 g/mol. The fraction of sp³-hybridized carbons (Fsp3) is 0.278. The van der Waals surface area contributed by atoms with Gasteiger partial charge in [-0.3, -0.25) is 4.84 Å². The summed E-state index contributed by atoms with van der Waals surface area (Å²) < 4.78 is 41.9. The number of alkyl halides is 3. The lowest BCUT2D eigenvalue weighted by atomic mass is 9.85. The lowest BCUT2D eigenvalue weighted by Crippen LogP contribution is -2.42. The average Bonchev–Trinajstić information content (AvgIpc) is 3.00. The van der Waals surface area contributed by atoms with Gasteiger partial charge in [-0.05, 0) is 47.9 Å². The largest absolute Gasteiger partial charge is 0.478 e. The van der Waals surface area contributed by atoms with E-state index in [2.05, 4.69) is 5.48 Å². The molecule has 0 bridgehead atoms. The van der Waals surface area contributed by atoms with Gasteiger partial charge in [0.15, 0.2) is 0 Å². The molecule has 3 rings (SSSR count). The number of hydrogen-bond donors (Lipinski definition) is 2. The molecule has 0 spiro atoms. The lowest BCUT2D eigenvalue weighted by molar-refractivity contribution is -0.282. The number of carbonyl (C=O) groups is 1. The first-order chi connectivity index (χ1) is 12.5. The van der Waals surface area contributed by atoms with Gasteiger partial charge >= 0.3 is 12.1 Å². The van der Waals surface area contributed by atoms with Gasteiger partial charge in [-0.25, -0.2) is 4.79 Å². The fourth-order valence-corrected chi connectivity index (χ4v) is 3.70. The van der Waals surface area contributed by atoms with E-state index in [9.17, 15) is 18.0 Å². The van der Waals surface area contributed by atoms with E-state index in [0.29, 0.717) is 11.1 Å². The molecule has 2 aromatic rings. The van der Waals surface area contributed by atoms with Crippen LogP contribution in [0.25, 0.3) is 0 Å². The zero-order valence-corrected chi connectivity index (χ0v) is 15.4. The highest BCUT2D eigenvalue weighted by molar-refractivity contribution is 6.34. The van der Waals surface area contributed by atoms with Crippen molar-refractivity contribution in [2.75, 3.05) is 0 Å². The quantitative estimate of drug-likeness (QED) is 0.696. The second-order valence-electron chi connectivity index (χ2n) is 6.34. The Morgan fingerprint density at radius 1 is 1.22 bits per heavy atom. The normalized spacial score (nSPS) is 22.8. The zero-order chi connectivity index (χ0) is 20.0. The summed E-state index contributed by atoms with van der Waals surface area (Å²) in [6.45, 7) is 1.58. The predicted octanol–water partition coefficient (Wildman–Crippen LogP) is 5.42. The summed E-state index contributed by atoms with van der Waals surface area (Å²) in [7, 11) is 0. The monoisotopic (exact) mass is 419 g/mol. The van der Waals surface area contributed by atoms with Crippen LogP contribution in [0.5, 0.6) is 0 Å². The number of hydrogen-bond acceptors (Lipinski definition) is 3. The number of carboxylic acid groups (broad SMARTS) is 1. The molecule has 144 valence electrons. The Hall–Kier alpha value is -1.80. The lowest BCUT2D eigenvalue weighted by Gasteiger charge is -2.30. The van der Waals surface area contributed by atoms with E-state index in [1.807, 2.05) is 0 Å². The highest BCUT2D eigenvalue weighted by Gasteiger charge is 2.62. The van der Waals surface area contributed by atoms with E-state index < -0.39 is 30.2 Å². The maximum Gasteiger partial charge on any atom is 0.423 e. The van der Waals surface area contributed by atoms with Crippen LogP contribution in [-0.2, 0) is 10.4 Å². The third kappa shape index (κ3) is 3.65. The Labute approximate surface area is 162 Å². The van der Waals surface area contributed by atoms with E-state index >= 15 is 0 Å². The van der Waals surface area contributed by atoms with Crippen molar-refractivity contribution in [1.29, 1.82) is 0 Å². The second-order valence-corrected chi connectivity index (χ2v) is 7.21. The molecule has 0 aliphatic carbocycles. The Balaban J connectivity index is 2.01. The molecule has 2 aromatic carbocycles. The topological polar surface area (TPSA) is 58.6 Å². The third-order valence-electron chi connectivity index (χ3n) is 4.54. The Bertz CT molecular complexity index is 884. The first-order valence-electron chi connectivity index (χ1n) is 7.84. The molecule has 0 aromatic heterocycles. The molecule has 1 unspecified atom stereocenters. The molecule has 1 saturated heterocycles. The van der Waals surface area contributed by atoms with E-state index in [0.717, 1.165) is 0 Å². The van der Waals surface area contributed by atoms with Crippen molar-refractivity contribution in [3.63, 3.8) is 0 Å². The van der Waals surface area contributed by atoms with Crippen LogP contribution in [-0.4, -0.2) is 17.3 Å². The van der Waals surface area contributed by atoms with Crippen molar-refractivity contribution >= 4 is 29.2 Å². The number of carboxylic acids is 1. The molecule has 1 fully saturated rings. The highest BCUT2D eigenvalue weighted by atomic mass is 35.5. The van der Waals surface area contributed by atoms with Crippen molar-refractivity contribution in [3.05, 3.63) is 68.7 Å². The van der Waals surface area contributed by atoms with E-state index in [1.54, 1.807) is 6.92 Å². The van der Waals surface area contributed by atoms with Crippen LogP contribution in [0.15, 0.2) is 36.4 Å². The summed E-state index contributed by atoms with van der Waals surface area (Å²) >= 11 is 11.8. The summed E-state index contributed by atoms with van der Waals surface area (Å²) in [6, 6.07) is 7.24. The number of rotatable bonds is 3. The van der Waals surface area contributed by atoms with E-state index in [1.165, 1.54) is 36.4 Å². The smallest absolute Gasteiger partial charge is 0.423 e. The third-order valence-corrected chi connectivity index (χ3v) is 4.97. The molecule has 9 heteroatoms. The van der Waals surface area contributed by atoms with Gasteiger partial charge in [-0.1, -0.05) is 35.3 Å². The maximum absolute atomic E-state index is 14.0. The fourth-order valence-electron chi connectivity index (χ4n) is 3.17. The van der Waals surface area contributed by atoms with Crippen LogP contribution < -0.4 is 5.48 Å². The molecular weight excluding hydrogens is 406 g/mol. The second kappa shape index (κ2) is 6.98. The minimum absolute atomic E-state index is 0.0647. The van der Waals surface area contributed by atoms with Crippen molar-refractivity contribution in [3.8, 4) is 0 Å². The Morgan fingerprint density at radius 2 is 1.85 bits per heavy atom. The van der Waals surface area contributed by atoms with Crippen molar-refractivity contribution < 1.29 is 27.9 Å². The zero-order valence-electron chi connectivity index (χ0n) is 13.9. The number of nitrogens with one attached hydrogen (secondary N) is 1. The van der Waals surface area contributed by atoms with Gasteiger partial charge in [0, 0.05) is 16.5 Å². The molecule has 0 saturated carbocycles. The molecule has 0 amide bonds. The maximum atomic E-state index is 14.0. The van der Waals surface area contributed by atoms with Gasteiger partial charge in [-0.15, -0.1) is 0 Å². The van der Waals surface area contributed by atoms with Gasteiger partial charge < -0.3 is 5.11 Å². The molecule has 2 N–H and O–H groups in total. The van der Waals surface area contributed by atoms with Gasteiger partial charge in [0.1, 0.15) is 0 Å². The minimum atomic E-state index is -4.74. The standard InChI is InChI=1S/C18H14Cl2F3NO3/c1-9-4-10(2-3-14(9)16(25)26)15-8-17(27-24-15,18(21,22)23)11-5-12(19)7-13(20)6-11/h2-7,15,24H,8H2,1H3,(H,25,26)/t15?,17-/m1/s1. The molecule has 4 nitrogen and oxygen atoms in total. The van der Waals surface area contributed by atoms with Crippen LogP contribution in [0.1, 0.15) is 39.5 Å². The van der Waals surface area contributed by atoms with Gasteiger partial charge in [-0.2, -0.15) is 18.7 Å². The van der Waals surface area contributed by atoms with Gasteiger partial charge in [0.25, 0.3) is 0 Å². The first-order valence-corrected chi connectivity index (χ1v) is 8.60. The van der Waals surface area contributed by atoms with Gasteiger partial charge in [0.05, 0.1) is 11.6 Å². The summed E-state index contributed by atoms with van der Waals surface area (Å²) in [5.74, 6) is -1.10. The molecule has 1 aliphatic rings.